The Labute approximate surface area is 166 Å². The molecule has 0 bridgehead atoms. The Bertz CT molecular complexity index is 594. The van der Waals surface area contributed by atoms with Crippen LogP contribution >= 0.6 is 12.4 Å². The zero-order valence-electron chi connectivity index (χ0n) is 15.9. The summed E-state index contributed by atoms with van der Waals surface area (Å²) in [4.78, 5) is 30.5. The summed E-state index contributed by atoms with van der Waals surface area (Å²) < 4.78 is 1.51. The fourth-order valence-corrected chi connectivity index (χ4v) is 3.68. The van der Waals surface area contributed by atoms with E-state index in [-0.39, 0.29) is 36.7 Å². The minimum Gasteiger partial charge on any atom is -0.341 e. The van der Waals surface area contributed by atoms with Gasteiger partial charge >= 0.3 is 0 Å². The smallest absolute Gasteiger partial charge is 0.248 e. The molecule has 0 unspecified atom stereocenters. The fourth-order valence-electron chi connectivity index (χ4n) is 3.68. The monoisotopic (exact) mass is 398 g/mol. The third-order valence-electron chi connectivity index (χ3n) is 5.28. The van der Waals surface area contributed by atoms with Crippen LogP contribution in [-0.2, 0) is 16.1 Å². The topological polar surface area (TPSA) is 92.2 Å². The number of aromatic nitrogens is 3. The minimum atomic E-state index is -0.0554. The Kier molecular flexibility index (Phi) is 9.00. The summed E-state index contributed by atoms with van der Waals surface area (Å²) in [6, 6.07) is 0. The van der Waals surface area contributed by atoms with Crippen molar-refractivity contribution in [2.75, 3.05) is 31.5 Å². The van der Waals surface area contributed by atoms with Crippen molar-refractivity contribution >= 4 is 30.2 Å². The van der Waals surface area contributed by atoms with Crippen molar-refractivity contribution in [2.45, 2.75) is 57.9 Å². The van der Waals surface area contributed by atoms with Crippen LogP contribution in [0.5, 0.6) is 0 Å². The van der Waals surface area contributed by atoms with Gasteiger partial charge in [0.25, 0.3) is 0 Å². The van der Waals surface area contributed by atoms with Crippen LogP contribution in [0, 0.1) is 5.92 Å². The number of nitrogens with zero attached hydrogens (tertiary/aromatic N) is 4. The molecule has 0 aromatic carbocycles. The average Bonchev–Trinajstić information content (AvgIpc) is 2.91. The summed E-state index contributed by atoms with van der Waals surface area (Å²) in [5.41, 5.74) is 0. The van der Waals surface area contributed by atoms with E-state index in [0.29, 0.717) is 12.3 Å². The first-order valence-corrected chi connectivity index (χ1v) is 9.88. The van der Waals surface area contributed by atoms with Crippen LogP contribution in [-0.4, -0.2) is 57.7 Å². The molecule has 2 saturated heterocycles. The highest BCUT2D eigenvalue weighted by Gasteiger charge is 2.18. The highest BCUT2D eigenvalue weighted by molar-refractivity contribution is 5.88. The van der Waals surface area contributed by atoms with Crippen molar-refractivity contribution in [3.05, 3.63) is 6.33 Å². The molecule has 2 fully saturated rings. The third kappa shape index (κ3) is 7.10. The first kappa shape index (κ1) is 21.6. The largest absolute Gasteiger partial charge is 0.341 e. The maximum absolute atomic E-state index is 12.4. The van der Waals surface area contributed by atoms with Crippen molar-refractivity contribution in [1.29, 1.82) is 0 Å². The molecule has 3 heterocycles. The van der Waals surface area contributed by atoms with Gasteiger partial charge in [0.15, 0.2) is 0 Å². The van der Waals surface area contributed by atoms with Crippen LogP contribution in [0.4, 0.5) is 5.95 Å². The maximum atomic E-state index is 12.4. The molecule has 2 N–H and O–H groups in total. The quantitative estimate of drug-likeness (QED) is 0.762. The van der Waals surface area contributed by atoms with Gasteiger partial charge in [-0.05, 0) is 51.1 Å². The van der Waals surface area contributed by atoms with Gasteiger partial charge in [-0.25, -0.2) is 9.67 Å². The fraction of sp³-hybridized carbons (Fsp3) is 0.778. The minimum absolute atomic E-state index is 0. The van der Waals surface area contributed by atoms with Crippen LogP contribution in [0.15, 0.2) is 6.33 Å². The Hall–Kier alpha value is -1.67. The van der Waals surface area contributed by atoms with E-state index in [1.807, 2.05) is 4.90 Å². The first-order valence-electron chi connectivity index (χ1n) is 9.88. The van der Waals surface area contributed by atoms with Gasteiger partial charge in [0.05, 0.1) is 0 Å². The molecule has 0 saturated carbocycles. The second kappa shape index (κ2) is 11.2. The number of carbonyl (C=O) groups is 2. The number of piperidine rings is 1. The average molecular weight is 399 g/mol. The lowest BCUT2D eigenvalue weighted by Crippen LogP contribution is -2.34. The van der Waals surface area contributed by atoms with Gasteiger partial charge < -0.3 is 10.2 Å². The predicted octanol–water partition coefficient (Wildman–Crippen LogP) is 1.82. The number of anilines is 1. The van der Waals surface area contributed by atoms with Crippen LogP contribution in [0.3, 0.4) is 0 Å². The van der Waals surface area contributed by atoms with Crippen LogP contribution in [0.2, 0.25) is 0 Å². The highest BCUT2D eigenvalue weighted by Crippen LogP contribution is 2.18. The lowest BCUT2D eigenvalue weighted by atomic mass is 9.93. The van der Waals surface area contributed by atoms with Gasteiger partial charge in [-0.1, -0.05) is 12.8 Å². The van der Waals surface area contributed by atoms with Crippen molar-refractivity contribution in [2.24, 2.45) is 5.92 Å². The Morgan fingerprint density at radius 2 is 1.85 bits per heavy atom. The van der Waals surface area contributed by atoms with E-state index in [1.54, 1.807) is 0 Å². The van der Waals surface area contributed by atoms with E-state index >= 15 is 0 Å². The van der Waals surface area contributed by atoms with Crippen molar-refractivity contribution in [3.63, 3.8) is 0 Å². The SMILES string of the molecule is Cl.O=C(CCC1CCNCC1)Nc1ncn(CC(=O)N2CCCCCC2)n1. The number of nitrogens with one attached hydrogen (secondary N) is 2. The molecule has 152 valence electrons. The molecular weight excluding hydrogens is 368 g/mol. The summed E-state index contributed by atoms with van der Waals surface area (Å²) in [5.74, 6) is 0.920. The van der Waals surface area contributed by atoms with E-state index in [2.05, 4.69) is 20.7 Å². The summed E-state index contributed by atoms with van der Waals surface area (Å²) >= 11 is 0. The Morgan fingerprint density at radius 1 is 1.15 bits per heavy atom. The molecule has 3 rings (SSSR count). The van der Waals surface area contributed by atoms with E-state index in [9.17, 15) is 9.59 Å². The highest BCUT2D eigenvalue weighted by atomic mass is 35.5. The van der Waals surface area contributed by atoms with E-state index < -0.39 is 0 Å². The van der Waals surface area contributed by atoms with Gasteiger partial charge in [0.2, 0.25) is 17.8 Å². The molecule has 0 aliphatic carbocycles. The number of rotatable bonds is 6. The van der Waals surface area contributed by atoms with E-state index in [0.717, 1.165) is 58.3 Å². The van der Waals surface area contributed by atoms with Crippen molar-refractivity contribution in [1.82, 2.24) is 25.0 Å². The van der Waals surface area contributed by atoms with Crippen LogP contribution < -0.4 is 10.6 Å². The number of carbonyl (C=O) groups excluding carboxylic acids is 2. The number of hydrogen-bond acceptors (Lipinski definition) is 5. The number of likely N-dealkylation sites (tertiary alicyclic amines) is 1. The van der Waals surface area contributed by atoms with Crippen LogP contribution in [0.25, 0.3) is 0 Å². The zero-order valence-corrected chi connectivity index (χ0v) is 16.7. The molecule has 2 aliphatic heterocycles. The molecule has 8 nitrogen and oxygen atoms in total. The summed E-state index contributed by atoms with van der Waals surface area (Å²) in [6.07, 6.45) is 9.72. The van der Waals surface area contributed by atoms with E-state index in [4.69, 9.17) is 0 Å². The summed E-state index contributed by atoms with van der Waals surface area (Å²) in [6.45, 7) is 3.92. The molecule has 1 aromatic heterocycles. The Balaban J connectivity index is 0.00000261. The lowest BCUT2D eigenvalue weighted by molar-refractivity contribution is -0.132. The lowest BCUT2D eigenvalue weighted by Gasteiger charge is -2.21. The molecule has 2 amide bonds. The molecule has 0 radical (unpaired) electrons. The van der Waals surface area contributed by atoms with Crippen molar-refractivity contribution in [3.8, 4) is 0 Å². The summed E-state index contributed by atoms with van der Waals surface area (Å²) in [5, 5.41) is 10.3. The maximum Gasteiger partial charge on any atom is 0.248 e. The summed E-state index contributed by atoms with van der Waals surface area (Å²) in [7, 11) is 0. The van der Waals surface area contributed by atoms with Gasteiger partial charge in [-0.3, -0.25) is 14.9 Å². The van der Waals surface area contributed by atoms with E-state index in [1.165, 1.54) is 23.9 Å². The molecule has 9 heteroatoms. The second-order valence-corrected chi connectivity index (χ2v) is 7.34. The van der Waals surface area contributed by atoms with Gasteiger partial charge in [-0.2, -0.15) is 0 Å². The number of amides is 2. The van der Waals surface area contributed by atoms with Gasteiger partial charge in [0, 0.05) is 19.5 Å². The number of halogens is 1. The molecule has 27 heavy (non-hydrogen) atoms. The normalized spacial score (nSPS) is 18.4. The zero-order chi connectivity index (χ0) is 18.2. The van der Waals surface area contributed by atoms with Gasteiger partial charge in [0.1, 0.15) is 12.9 Å². The van der Waals surface area contributed by atoms with Crippen molar-refractivity contribution < 1.29 is 9.59 Å². The molecular formula is C18H31ClN6O2. The molecule has 0 atom stereocenters. The first-order chi connectivity index (χ1) is 12.7. The molecule has 1 aromatic rings. The number of hydrogen-bond donors (Lipinski definition) is 2. The Morgan fingerprint density at radius 3 is 2.56 bits per heavy atom. The van der Waals surface area contributed by atoms with Crippen LogP contribution in [0.1, 0.15) is 51.4 Å². The standard InChI is InChI=1S/C18H30N6O2.ClH/c25-16(6-5-15-7-9-19-10-8-15)21-18-20-14-24(22-18)13-17(26)23-11-3-1-2-4-12-23;/h14-15,19H,1-13H2,(H,21,22,25);1H. The third-order valence-corrected chi connectivity index (χ3v) is 5.28. The predicted molar refractivity (Wildman–Crippen MR) is 106 cm³/mol. The van der Waals surface area contributed by atoms with Gasteiger partial charge in [-0.15, -0.1) is 17.5 Å². The second-order valence-electron chi connectivity index (χ2n) is 7.34. The molecule has 2 aliphatic rings. The molecule has 0 spiro atoms.